The lowest BCUT2D eigenvalue weighted by Gasteiger charge is -2.09. The quantitative estimate of drug-likeness (QED) is 0.466. The Balaban J connectivity index is 1.83. The summed E-state index contributed by atoms with van der Waals surface area (Å²) in [4.78, 5) is 1.11. The molecule has 0 unspecified atom stereocenters. The molecule has 0 aliphatic heterocycles. The maximum atomic E-state index is 6.00. The van der Waals surface area contributed by atoms with E-state index in [1.165, 1.54) is 5.56 Å². The van der Waals surface area contributed by atoms with Gasteiger partial charge in [0.15, 0.2) is 0 Å². The van der Waals surface area contributed by atoms with Crippen LogP contribution in [-0.2, 0) is 6.42 Å². The van der Waals surface area contributed by atoms with E-state index in [4.69, 9.17) is 10.5 Å². The van der Waals surface area contributed by atoms with E-state index in [-0.39, 0.29) is 0 Å². The molecule has 2 rings (SSSR count). The summed E-state index contributed by atoms with van der Waals surface area (Å²) in [5.41, 5.74) is 8.23. The molecule has 0 fully saturated rings. The monoisotopic (exact) mass is 287 g/mol. The van der Waals surface area contributed by atoms with Crippen LogP contribution < -0.4 is 10.5 Å². The summed E-state index contributed by atoms with van der Waals surface area (Å²) in [6, 6.07) is 16.5. The molecule has 0 aliphatic rings. The molecule has 20 heavy (non-hydrogen) atoms. The fourth-order valence-electron chi connectivity index (χ4n) is 2.00. The molecule has 0 heterocycles. The highest BCUT2D eigenvalue weighted by atomic mass is 32.2. The Kier molecular flexibility index (Phi) is 5.81. The summed E-state index contributed by atoms with van der Waals surface area (Å²) in [5.74, 6) is 1.96. The van der Waals surface area contributed by atoms with E-state index in [9.17, 15) is 0 Å². The van der Waals surface area contributed by atoms with Gasteiger partial charge in [0.2, 0.25) is 0 Å². The molecule has 3 heteroatoms. The van der Waals surface area contributed by atoms with Crippen LogP contribution in [0.5, 0.6) is 5.75 Å². The van der Waals surface area contributed by atoms with Crippen LogP contribution in [0.15, 0.2) is 53.4 Å². The Hall–Kier alpha value is -1.61. The van der Waals surface area contributed by atoms with Gasteiger partial charge in [-0.1, -0.05) is 30.3 Å². The van der Waals surface area contributed by atoms with Gasteiger partial charge >= 0.3 is 0 Å². The van der Waals surface area contributed by atoms with Crippen molar-refractivity contribution in [2.45, 2.75) is 24.7 Å². The number of hydrogen-bond acceptors (Lipinski definition) is 3. The predicted molar refractivity (Wildman–Crippen MR) is 87.5 cm³/mol. The van der Waals surface area contributed by atoms with Crippen LogP contribution in [0.3, 0.4) is 0 Å². The first-order chi connectivity index (χ1) is 9.79. The van der Waals surface area contributed by atoms with Crippen molar-refractivity contribution in [2.75, 3.05) is 18.1 Å². The van der Waals surface area contributed by atoms with E-state index in [0.29, 0.717) is 6.61 Å². The van der Waals surface area contributed by atoms with Gasteiger partial charge in [0.1, 0.15) is 5.75 Å². The van der Waals surface area contributed by atoms with Crippen molar-refractivity contribution in [2.24, 2.45) is 0 Å². The maximum Gasteiger partial charge on any atom is 0.120 e. The molecule has 2 nitrogen and oxygen atoms in total. The molecule has 2 aromatic rings. The van der Waals surface area contributed by atoms with Crippen LogP contribution in [0.2, 0.25) is 0 Å². The summed E-state index contributed by atoms with van der Waals surface area (Å²) in [5, 5.41) is 0. The van der Waals surface area contributed by atoms with E-state index in [1.54, 1.807) is 11.8 Å². The summed E-state index contributed by atoms with van der Waals surface area (Å²) < 4.78 is 5.51. The fraction of sp³-hybridized carbons (Fsp3) is 0.294. The molecular formula is C17H21NOS. The average molecular weight is 287 g/mol. The molecule has 0 saturated carbocycles. The Morgan fingerprint density at radius 2 is 1.90 bits per heavy atom. The normalized spacial score (nSPS) is 10.4. The van der Waals surface area contributed by atoms with Gasteiger partial charge in [-0.3, -0.25) is 0 Å². The predicted octanol–water partition coefficient (Wildman–Crippen LogP) is 4.39. The van der Waals surface area contributed by atoms with Crippen LogP contribution in [0, 0.1) is 0 Å². The van der Waals surface area contributed by atoms with Crippen LogP contribution >= 0.6 is 11.8 Å². The second kappa shape index (κ2) is 7.85. The first-order valence-electron chi connectivity index (χ1n) is 6.98. The number of anilines is 1. The van der Waals surface area contributed by atoms with Crippen molar-refractivity contribution >= 4 is 17.4 Å². The highest BCUT2D eigenvalue weighted by Crippen LogP contribution is 2.29. The second-order valence-electron chi connectivity index (χ2n) is 4.57. The van der Waals surface area contributed by atoms with E-state index < -0.39 is 0 Å². The number of nitrogens with two attached hydrogens (primary N) is 1. The summed E-state index contributed by atoms with van der Waals surface area (Å²) in [6.07, 6.45) is 2.26. The highest BCUT2D eigenvalue weighted by molar-refractivity contribution is 7.99. The molecule has 0 radical (unpaired) electrons. The zero-order chi connectivity index (χ0) is 14.2. The minimum atomic E-state index is 0.683. The van der Waals surface area contributed by atoms with Gasteiger partial charge in [-0.15, -0.1) is 11.8 Å². The van der Waals surface area contributed by atoms with Crippen molar-refractivity contribution < 1.29 is 4.74 Å². The first-order valence-corrected chi connectivity index (χ1v) is 7.97. The molecule has 0 aliphatic carbocycles. The van der Waals surface area contributed by atoms with Crippen LogP contribution in [0.4, 0.5) is 5.69 Å². The van der Waals surface area contributed by atoms with Gasteiger partial charge in [-0.2, -0.15) is 0 Å². The molecule has 2 N–H and O–H groups in total. The van der Waals surface area contributed by atoms with Gasteiger partial charge in [0, 0.05) is 10.6 Å². The van der Waals surface area contributed by atoms with Gasteiger partial charge in [-0.25, -0.2) is 0 Å². The lowest BCUT2D eigenvalue weighted by molar-refractivity contribution is 0.339. The van der Waals surface area contributed by atoms with Crippen LogP contribution in [0.1, 0.15) is 18.9 Å². The third-order valence-electron chi connectivity index (χ3n) is 3.01. The number of ether oxygens (including phenoxy) is 1. The van der Waals surface area contributed by atoms with Crippen molar-refractivity contribution in [1.29, 1.82) is 0 Å². The summed E-state index contributed by atoms with van der Waals surface area (Å²) in [7, 11) is 0. The summed E-state index contributed by atoms with van der Waals surface area (Å²) in [6.45, 7) is 2.67. The molecule has 0 aromatic heterocycles. The molecule has 0 amide bonds. The standard InChI is InChI=1S/C17H21NOS/c1-2-19-15-10-11-16(18)17(13-15)20-12-6-9-14-7-4-3-5-8-14/h3-5,7-8,10-11,13H,2,6,9,12,18H2,1H3. The maximum absolute atomic E-state index is 6.00. The fourth-order valence-corrected chi connectivity index (χ4v) is 2.94. The van der Waals surface area contributed by atoms with Crippen molar-refractivity contribution in [1.82, 2.24) is 0 Å². The Bertz CT molecular complexity index is 528. The van der Waals surface area contributed by atoms with E-state index in [0.717, 1.165) is 34.9 Å². The van der Waals surface area contributed by atoms with Crippen molar-refractivity contribution in [3.63, 3.8) is 0 Å². The second-order valence-corrected chi connectivity index (χ2v) is 5.71. The third-order valence-corrected chi connectivity index (χ3v) is 4.16. The first kappa shape index (κ1) is 14.8. The average Bonchev–Trinajstić information content (AvgIpc) is 2.48. The minimum Gasteiger partial charge on any atom is -0.494 e. The molecule has 0 saturated heterocycles. The highest BCUT2D eigenvalue weighted by Gasteiger charge is 2.03. The lowest BCUT2D eigenvalue weighted by atomic mass is 10.1. The molecule has 0 bridgehead atoms. The number of benzene rings is 2. The van der Waals surface area contributed by atoms with Crippen LogP contribution in [0.25, 0.3) is 0 Å². The number of nitrogen functional groups attached to an aromatic ring is 1. The molecule has 0 spiro atoms. The Morgan fingerprint density at radius 3 is 2.65 bits per heavy atom. The zero-order valence-corrected chi connectivity index (χ0v) is 12.7. The van der Waals surface area contributed by atoms with Crippen LogP contribution in [-0.4, -0.2) is 12.4 Å². The van der Waals surface area contributed by atoms with E-state index in [1.807, 2.05) is 25.1 Å². The number of thioether (sulfide) groups is 1. The molecule has 2 aromatic carbocycles. The zero-order valence-electron chi connectivity index (χ0n) is 11.8. The molecule has 106 valence electrons. The topological polar surface area (TPSA) is 35.2 Å². The SMILES string of the molecule is CCOc1ccc(N)c(SCCCc2ccccc2)c1. The molecular weight excluding hydrogens is 266 g/mol. The number of rotatable bonds is 7. The van der Waals surface area contributed by atoms with E-state index >= 15 is 0 Å². The van der Waals surface area contributed by atoms with Gasteiger partial charge in [0.25, 0.3) is 0 Å². The molecule has 0 atom stereocenters. The summed E-state index contributed by atoms with van der Waals surface area (Å²) >= 11 is 1.80. The van der Waals surface area contributed by atoms with E-state index in [2.05, 4.69) is 30.3 Å². The lowest BCUT2D eigenvalue weighted by Crippen LogP contribution is -1.95. The van der Waals surface area contributed by atoms with Crippen molar-refractivity contribution in [3.05, 3.63) is 54.1 Å². The largest absolute Gasteiger partial charge is 0.494 e. The Labute approximate surface area is 125 Å². The number of hydrogen-bond donors (Lipinski definition) is 1. The smallest absolute Gasteiger partial charge is 0.120 e. The van der Waals surface area contributed by atoms with Gasteiger partial charge < -0.3 is 10.5 Å². The Morgan fingerprint density at radius 1 is 1.10 bits per heavy atom. The van der Waals surface area contributed by atoms with Gasteiger partial charge in [0.05, 0.1) is 6.61 Å². The van der Waals surface area contributed by atoms with Gasteiger partial charge in [-0.05, 0) is 49.3 Å². The van der Waals surface area contributed by atoms with Crippen molar-refractivity contribution in [3.8, 4) is 5.75 Å². The number of aryl methyl sites for hydroxylation is 1. The minimum absolute atomic E-state index is 0.683. The third kappa shape index (κ3) is 4.49.